The highest BCUT2D eigenvalue weighted by Gasteiger charge is 2.55. The lowest BCUT2D eigenvalue weighted by Gasteiger charge is -2.20. The summed E-state index contributed by atoms with van der Waals surface area (Å²) in [6, 6.07) is 7.40. The average Bonchev–Trinajstić information content (AvgIpc) is 3.59. The molecule has 3 aromatic rings. The van der Waals surface area contributed by atoms with E-state index in [0.717, 1.165) is 12.8 Å². The Morgan fingerprint density at radius 2 is 2.03 bits per heavy atom. The van der Waals surface area contributed by atoms with Gasteiger partial charge in [-0.1, -0.05) is 18.2 Å². The van der Waals surface area contributed by atoms with Crippen LogP contribution >= 0.6 is 0 Å². The third-order valence-electron chi connectivity index (χ3n) is 5.76. The van der Waals surface area contributed by atoms with Crippen molar-refractivity contribution >= 4 is 16.9 Å². The topological polar surface area (TPSA) is 84.5 Å². The Kier molecular flexibility index (Phi) is 5.42. The Bertz CT molecular complexity index is 1220. The number of aliphatic hydroxyl groups is 1. The van der Waals surface area contributed by atoms with Crippen LogP contribution in [0.1, 0.15) is 48.3 Å². The molecule has 1 aromatic carbocycles. The number of methoxy groups -OCH3 is 1. The van der Waals surface area contributed by atoms with E-state index in [2.05, 4.69) is 25.1 Å². The van der Waals surface area contributed by atoms with E-state index in [1.807, 2.05) is 13.0 Å². The Labute approximate surface area is 184 Å². The Morgan fingerprint density at radius 3 is 2.66 bits per heavy atom. The molecule has 2 aromatic heterocycles. The van der Waals surface area contributed by atoms with Crippen molar-refractivity contribution in [2.45, 2.75) is 44.2 Å². The summed E-state index contributed by atoms with van der Waals surface area (Å²) >= 11 is 0. The number of pyridine rings is 1. The fourth-order valence-electron chi connectivity index (χ4n) is 3.72. The van der Waals surface area contributed by atoms with Crippen molar-refractivity contribution in [2.75, 3.05) is 19.0 Å². The third kappa shape index (κ3) is 3.82. The molecular formula is C23H23F2N5O2. The van der Waals surface area contributed by atoms with E-state index in [9.17, 15) is 8.78 Å². The zero-order valence-electron chi connectivity index (χ0n) is 18.0. The predicted octanol–water partition coefficient (Wildman–Crippen LogP) is 4.51. The fourth-order valence-corrected chi connectivity index (χ4v) is 3.72. The van der Waals surface area contributed by atoms with Crippen LogP contribution in [0.3, 0.4) is 0 Å². The van der Waals surface area contributed by atoms with Crippen molar-refractivity contribution in [3.63, 3.8) is 0 Å². The second-order valence-electron chi connectivity index (χ2n) is 8.03. The monoisotopic (exact) mass is 439 g/mol. The van der Waals surface area contributed by atoms with Gasteiger partial charge in [0.05, 0.1) is 18.1 Å². The SMILES string of the molecule is [C-]#[N+]C1(c2cc3c(N[C@H](C)c4cccc(C(F)(F)CO)c4)nc(C)nc3nc2OC)CC1. The standard InChI is InChI=1S/C23H23F2N5O2/c1-13(15-6-5-7-16(10-15)23(24,25)12-31)27-19-17-11-18(22(26-3)8-9-22)21(32-4)30-20(17)29-14(2)28-19/h5-7,10-11,13,31H,8-9,12H2,1-2,4H3,(H,27,28,29,30)/t13-/m1/s1. The van der Waals surface area contributed by atoms with Gasteiger partial charge in [0.15, 0.2) is 5.65 Å². The van der Waals surface area contributed by atoms with Gasteiger partial charge in [-0.05, 0) is 31.5 Å². The Morgan fingerprint density at radius 1 is 1.28 bits per heavy atom. The molecule has 0 saturated heterocycles. The van der Waals surface area contributed by atoms with E-state index in [1.165, 1.54) is 25.3 Å². The van der Waals surface area contributed by atoms with Crippen LogP contribution in [0.25, 0.3) is 15.9 Å². The Hall–Kier alpha value is -3.38. The quantitative estimate of drug-likeness (QED) is 0.527. The van der Waals surface area contributed by atoms with Crippen LogP contribution in [-0.2, 0) is 11.5 Å². The zero-order chi connectivity index (χ0) is 23.1. The highest BCUT2D eigenvalue weighted by molar-refractivity contribution is 5.88. The molecule has 0 aliphatic heterocycles. The van der Waals surface area contributed by atoms with E-state index < -0.39 is 18.1 Å². The molecule has 1 aliphatic rings. The van der Waals surface area contributed by atoms with Gasteiger partial charge in [-0.2, -0.15) is 13.8 Å². The lowest BCUT2D eigenvalue weighted by atomic mass is 10.0. The molecule has 0 bridgehead atoms. The Balaban J connectivity index is 1.76. The lowest BCUT2D eigenvalue weighted by molar-refractivity contribution is -0.0556. The highest BCUT2D eigenvalue weighted by atomic mass is 19.3. The summed E-state index contributed by atoms with van der Waals surface area (Å²) in [5.41, 5.74) is 0.854. The van der Waals surface area contributed by atoms with Crippen molar-refractivity contribution < 1.29 is 18.6 Å². The highest BCUT2D eigenvalue weighted by Crippen LogP contribution is 2.53. The number of hydrogen-bond acceptors (Lipinski definition) is 6. The van der Waals surface area contributed by atoms with Crippen LogP contribution in [0, 0.1) is 13.5 Å². The molecule has 9 heteroatoms. The first-order valence-corrected chi connectivity index (χ1v) is 10.2. The largest absolute Gasteiger partial charge is 0.481 e. The summed E-state index contributed by atoms with van der Waals surface area (Å²) in [7, 11) is 1.52. The number of alkyl halides is 2. The first-order valence-electron chi connectivity index (χ1n) is 10.2. The molecule has 1 aliphatic carbocycles. The summed E-state index contributed by atoms with van der Waals surface area (Å²) in [4.78, 5) is 17.2. The third-order valence-corrected chi connectivity index (χ3v) is 5.76. The van der Waals surface area contributed by atoms with Gasteiger partial charge in [0, 0.05) is 24.4 Å². The number of halogens is 2. The summed E-state index contributed by atoms with van der Waals surface area (Å²) in [5, 5.41) is 12.9. The number of aromatic nitrogens is 3. The maximum atomic E-state index is 13.9. The van der Waals surface area contributed by atoms with Gasteiger partial charge in [0.2, 0.25) is 5.88 Å². The second-order valence-corrected chi connectivity index (χ2v) is 8.03. The normalized spacial score (nSPS) is 15.8. The molecule has 2 N–H and O–H groups in total. The van der Waals surface area contributed by atoms with Crippen LogP contribution in [-0.4, -0.2) is 33.8 Å². The molecule has 0 unspecified atom stereocenters. The molecule has 4 rings (SSSR count). The first-order chi connectivity index (χ1) is 15.2. The number of anilines is 1. The predicted molar refractivity (Wildman–Crippen MR) is 116 cm³/mol. The number of nitrogens with one attached hydrogen (secondary N) is 1. The molecule has 1 saturated carbocycles. The molecule has 1 atom stereocenters. The van der Waals surface area contributed by atoms with Crippen molar-refractivity contribution in [1.82, 2.24) is 15.0 Å². The molecule has 7 nitrogen and oxygen atoms in total. The number of rotatable bonds is 7. The number of benzene rings is 1. The number of aryl methyl sites for hydroxylation is 1. The van der Waals surface area contributed by atoms with Crippen molar-refractivity contribution in [2.24, 2.45) is 0 Å². The molecule has 166 valence electrons. The van der Waals surface area contributed by atoms with E-state index in [4.69, 9.17) is 16.4 Å². The van der Waals surface area contributed by atoms with Crippen molar-refractivity contribution in [3.05, 3.63) is 64.3 Å². The second kappa shape index (κ2) is 7.95. The van der Waals surface area contributed by atoms with Crippen LogP contribution < -0.4 is 10.1 Å². The van der Waals surface area contributed by atoms with Crippen LogP contribution in [0.5, 0.6) is 5.88 Å². The molecular weight excluding hydrogens is 416 g/mol. The van der Waals surface area contributed by atoms with Crippen molar-refractivity contribution in [3.8, 4) is 5.88 Å². The molecule has 0 radical (unpaired) electrons. The molecule has 1 fully saturated rings. The summed E-state index contributed by atoms with van der Waals surface area (Å²) in [5.74, 6) is -1.96. The van der Waals surface area contributed by atoms with Gasteiger partial charge in [-0.15, -0.1) is 0 Å². The maximum absolute atomic E-state index is 13.9. The van der Waals surface area contributed by atoms with Crippen LogP contribution in [0.2, 0.25) is 0 Å². The molecule has 2 heterocycles. The minimum atomic E-state index is -3.32. The molecule has 0 spiro atoms. The number of aliphatic hydroxyl groups excluding tert-OH is 1. The minimum absolute atomic E-state index is 0.253. The van der Waals surface area contributed by atoms with Gasteiger partial charge in [-0.25, -0.2) is 16.5 Å². The van der Waals surface area contributed by atoms with E-state index >= 15 is 0 Å². The van der Waals surface area contributed by atoms with Gasteiger partial charge in [0.1, 0.15) is 18.2 Å². The summed E-state index contributed by atoms with van der Waals surface area (Å²) in [6.45, 7) is 9.91. The molecule has 32 heavy (non-hydrogen) atoms. The smallest absolute Gasteiger partial charge is 0.295 e. The van der Waals surface area contributed by atoms with Gasteiger partial charge >= 0.3 is 0 Å². The van der Waals surface area contributed by atoms with Crippen LogP contribution in [0.4, 0.5) is 14.6 Å². The first kappa shape index (κ1) is 21.8. The van der Waals surface area contributed by atoms with Gasteiger partial charge < -0.3 is 20.0 Å². The zero-order valence-corrected chi connectivity index (χ0v) is 18.0. The number of fused-ring (bicyclic) bond motifs is 1. The average molecular weight is 439 g/mol. The minimum Gasteiger partial charge on any atom is -0.481 e. The number of nitrogens with zero attached hydrogens (tertiary/aromatic N) is 4. The van der Waals surface area contributed by atoms with E-state index in [1.54, 1.807) is 13.0 Å². The van der Waals surface area contributed by atoms with E-state index in [0.29, 0.717) is 39.7 Å². The van der Waals surface area contributed by atoms with Crippen molar-refractivity contribution in [1.29, 1.82) is 0 Å². The lowest BCUT2D eigenvalue weighted by Crippen LogP contribution is -2.19. The van der Waals surface area contributed by atoms with Crippen LogP contribution in [0.15, 0.2) is 30.3 Å². The van der Waals surface area contributed by atoms with Gasteiger partial charge in [0.25, 0.3) is 11.5 Å². The maximum Gasteiger partial charge on any atom is 0.295 e. The molecule has 0 amide bonds. The fraction of sp³-hybridized carbons (Fsp3) is 0.391. The number of ether oxygens (including phenoxy) is 1. The van der Waals surface area contributed by atoms with Gasteiger partial charge in [-0.3, -0.25) is 0 Å². The summed E-state index contributed by atoms with van der Waals surface area (Å²) < 4.78 is 33.3. The summed E-state index contributed by atoms with van der Waals surface area (Å²) in [6.07, 6.45) is 1.47. The van der Waals surface area contributed by atoms with E-state index in [-0.39, 0.29) is 11.6 Å². The number of hydrogen-bond donors (Lipinski definition) is 2.